The standard InChI is InChI=1S/C24H32N2O5S/c1-18-5-7-19(8-6-18)31-16-21-20-10-14-32-22(20)9-12-26(21)23(27)15-25(11-4-13-29-2)24(28)17-30-3/h5-8,10,14,21H,4,9,11-13,15-17H2,1-3H3/t21-/m1/s1. The number of amides is 2. The molecule has 8 heteroatoms. The van der Waals surface area contributed by atoms with Crippen LogP contribution >= 0.6 is 11.3 Å². The van der Waals surface area contributed by atoms with Gasteiger partial charge in [-0.25, -0.2) is 0 Å². The van der Waals surface area contributed by atoms with Crippen LogP contribution in [0.4, 0.5) is 0 Å². The Morgan fingerprint density at radius 1 is 1.16 bits per heavy atom. The van der Waals surface area contributed by atoms with E-state index in [9.17, 15) is 9.59 Å². The van der Waals surface area contributed by atoms with Crippen LogP contribution in [0.2, 0.25) is 0 Å². The number of benzene rings is 1. The van der Waals surface area contributed by atoms with Crippen molar-refractivity contribution in [2.45, 2.75) is 25.8 Å². The van der Waals surface area contributed by atoms with Crippen molar-refractivity contribution in [3.8, 4) is 5.75 Å². The first kappa shape index (κ1) is 24.2. The summed E-state index contributed by atoms with van der Waals surface area (Å²) in [6.45, 7) is 3.96. The zero-order valence-electron chi connectivity index (χ0n) is 19.0. The van der Waals surface area contributed by atoms with Crippen LogP contribution in [0.3, 0.4) is 0 Å². The lowest BCUT2D eigenvalue weighted by molar-refractivity contribution is -0.144. The van der Waals surface area contributed by atoms with Gasteiger partial charge in [0, 0.05) is 38.8 Å². The smallest absolute Gasteiger partial charge is 0.249 e. The van der Waals surface area contributed by atoms with Crippen LogP contribution in [0.1, 0.15) is 28.5 Å². The Balaban J connectivity index is 1.72. The predicted molar refractivity (Wildman–Crippen MR) is 124 cm³/mol. The number of nitrogens with zero attached hydrogens (tertiary/aromatic N) is 2. The van der Waals surface area contributed by atoms with Gasteiger partial charge >= 0.3 is 0 Å². The Kier molecular flexibility index (Phi) is 9.08. The van der Waals surface area contributed by atoms with Crippen LogP contribution in [0.15, 0.2) is 35.7 Å². The Hall–Kier alpha value is -2.42. The molecule has 3 rings (SSSR count). The lowest BCUT2D eigenvalue weighted by atomic mass is 10.0. The maximum Gasteiger partial charge on any atom is 0.249 e. The van der Waals surface area contributed by atoms with Gasteiger partial charge in [-0.1, -0.05) is 17.7 Å². The van der Waals surface area contributed by atoms with Crippen molar-refractivity contribution < 1.29 is 23.8 Å². The van der Waals surface area contributed by atoms with E-state index in [0.29, 0.717) is 32.7 Å². The molecule has 0 aliphatic carbocycles. The Bertz CT molecular complexity index is 883. The number of hydrogen-bond donors (Lipinski definition) is 0. The molecule has 7 nitrogen and oxygen atoms in total. The van der Waals surface area contributed by atoms with E-state index in [0.717, 1.165) is 17.7 Å². The van der Waals surface area contributed by atoms with E-state index >= 15 is 0 Å². The quantitative estimate of drug-likeness (QED) is 0.482. The molecule has 1 aliphatic heterocycles. The highest BCUT2D eigenvalue weighted by Gasteiger charge is 2.33. The monoisotopic (exact) mass is 460 g/mol. The van der Waals surface area contributed by atoms with Gasteiger partial charge in [-0.05, 0) is 48.9 Å². The fourth-order valence-electron chi connectivity index (χ4n) is 3.84. The summed E-state index contributed by atoms with van der Waals surface area (Å²) in [6, 6.07) is 9.80. The maximum atomic E-state index is 13.4. The third-order valence-corrected chi connectivity index (χ3v) is 6.56. The SMILES string of the molecule is COCCCN(CC(=O)N1CCc2sccc2[C@H]1COc1ccc(C)cc1)C(=O)COC. The van der Waals surface area contributed by atoms with Crippen LogP contribution in [-0.4, -0.2) is 75.3 Å². The minimum Gasteiger partial charge on any atom is -0.491 e. The molecule has 32 heavy (non-hydrogen) atoms. The number of rotatable bonds is 11. The molecule has 0 bridgehead atoms. The Labute approximate surface area is 193 Å². The number of thiophene rings is 1. The summed E-state index contributed by atoms with van der Waals surface area (Å²) in [6.07, 6.45) is 1.48. The van der Waals surface area contributed by atoms with E-state index in [1.165, 1.54) is 17.6 Å². The van der Waals surface area contributed by atoms with Crippen molar-refractivity contribution in [2.75, 3.05) is 53.7 Å². The van der Waals surface area contributed by atoms with E-state index in [1.54, 1.807) is 23.3 Å². The molecule has 0 saturated heterocycles. The summed E-state index contributed by atoms with van der Waals surface area (Å²) >= 11 is 1.72. The number of fused-ring (bicyclic) bond motifs is 1. The van der Waals surface area contributed by atoms with Crippen LogP contribution in [0.5, 0.6) is 5.75 Å². The lowest BCUT2D eigenvalue weighted by Gasteiger charge is -2.37. The second kappa shape index (κ2) is 12.0. The largest absolute Gasteiger partial charge is 0.491 e. The molecule has 1 atom stereocenters. The molecule has 1 aromatic heterocycles. The van der Waals surface area contributed by atoms with Crippen molar-refractivity contribution in [2.24, 2.45) is 0 Å². The Morgan fingerprint density at radius 3 is 2.66 bits per heavy atom. The van der Waals surface area contributed by atoms with Gasteiger partial charge in [0.25, 0.3) is 0 Å². The van der Waals surface area contributed by atoms with Gasteiger partial charge in [-0.2, -0.15) is 0 Å². The van der Waals surface area contributed by atoms with Gasteiger partial charge in [0.2, 0.25) is 11.8 Å². The Morgan fingerprint density at radius 2 is 1.94 bits per heavy atom. The predicted octanol–water partition coefficient (Wildman–Crippen LogP) is 3.07. The molecule has 0 N–H and O–H groups in total. The third-order valence-electron chi connectivity index (χ3n) is 5.57. The van der Waals surface area contributed by atoms with Gasteiger partial charge in [-0.3, -0.25) is 9.59 Å². The zero-order valence-corrected chi connectivity index (χ0v) is 19.9. The van der Waals surface area contributed by atoms with E-state index in [1.807, 2.05) is 36.1 Å². The molecule has 1 aliphatic rings. The maximum absolute atomic E-state index is 13.4. The summed E-state index contributed by atoms with van der Waals surface area (Å²) in [5.74, 6) is 0.501. The minimum absolute atomic E-state index is 0.0202. The van der Waals surface area contributed by atoms with Gasteiger partial charge in [-0.15, -0.1) is 11.3 Å². The van der Waals surface area contributed by atoms with Crippen LogP contribution in [0, 0.1) is 6.92 Å². The fraction of sp³-hybridized carbons (Fsp3) is 0.500. The van der Waals surface area contributed by atoms with Crippen molar-refractivity contribution in [3.05, 3.63) is 51.7 Å². The average molecular weight is 461 g/mol. The molecule has 0 fully saturated rings. The van der Waals surface area contributed by atoms with Crippen molar-refractivity contribution in [1.29, 1.82) is 0 Å². The van der Waals surface area contributed by atoms with Crippen LogP contribution in [-0.2, 0) is 25.5 Å². The van der Waals surface area contributed by atoms with E-state index in [2.05, 4.69) is 11.4 Å². The molecular formula is C24H32N2O5S. The molecule has 0 unspecified atom stereocenters. The second-order valence-corrected chi connectivity index (χ2v) is 8.87. The van der Waals surface area contributed by atoms with Crippen molar-refractivity contribution in [3.63, 3.8) is 0 Å². The van der Waals surface area contributed by atoms with E-state index in [-0.39, 0.29) is 31.0 Å². The number of carbonyl (C=O) groups is 2. The molecule has 2 aromatic rings. The summed E-state index contributed by atoms with van der Waals surface area (Å²) < 4.78 is 16.2. The number of aryl methyl sites for hydroxylation is 1. The summed E-state index contributed by atoms with van der Waals surface area (Å²) in [5.41, 5.74) is 2.30. The number of carbonyl (C=O) groups excluding carboxylic acids is 2. The molecule has 2 amide bonds. The summed E-state index contributed by atoms with van der Waals surface area (Å²) in [4.78, 5) is 30.6. The molecule has 0 spiro atoms. The molecule has 0 radical (unpaired) electrons. The number of methoxy groups -OCH3 is 2. The minimum atomic E-state index is -0.197. The summed E-state index contributed by atoms with van der Waals surface area (Å²) in [7, 11) is 3.10. The van der Waals surface area contributed by atoms with Crippen LogP contribution in [0.25, 0.3) is 0 Å². The normalized spacial score (nSPS) is 15.3. The second-order valence-electron chi connectivity index (χ2n) is 7.87. The fourth-order valence-corrected chi connectivity index (χ4v) is 4.77. The average Bonchev–Trinajstić information content (AvgIpc) is 3.27. The first-order valence-electron chi connectivity index (χ1n) is 10.8. The highest BCUT2D eigenvalue weighted by Crippen LogP contribution is 2.34. The molecular weight excluding hydrogens is 428 g/mol. The summed E-state index contributed by atoms with van der Waals surface area (Å²) in [5, 5.41) is 2.07. The number of ether oxygens (including phenoxy) is 3. The first-order valence-corrected chi connectivity index (χ1v) is 11.7. The lowest BCUT2D eigenvalue weighted by Crippen LogP contribution is -2.48. The zero-order chi connectivity index (χ0) is 22.9. The molecule has 174 valence electrons. The third kappa shape index (κ3) is 6.31. The number of hydrogen-bond acceptors (Lipinski definition) is 6. The van der Waals surface area contributed by atoms with Gasteiger partial charge in [0.05, 0.1) is 12.6 Å². The van der Waals surface area contributed by atoms with E-state index < -0.39 is 0 Å². The van der Waals surface area contributed by atoms with E-state index in [4.69, 9.17) is 14.2 Å². The highest BCUT2D eigenvalue weighted by molar-refractivity contribution is 7.10. The molecule has 0 saturated carbocycles. The van der Waals surface area contributed by atoms with Crippen molar-refractivity contribution in [1.82, 2.24) is 9.80 Å². The molecule has 1 aromatic carbocycles. The van der Waals surface area contributed by atoms with Gasteiger partial charge < -0.3 is 24.0 Å². The van der Waals surface area contributed by atoms with Crippen LogP contribution < -0.4 is 4.74 Å². The molecule has 2 heterocycles. The van der Waals surface area contributed by atoms with Gasteiger partial charge in [0.15, 0.2) is 0 Å². The van der Waals surface area contributed by atoms with Gasteiger partial charge in [0.1, 0.15) is 19.0 Å². The topological polar surface area (TPSA) is 68.3 Å². The highest BCUT2D eigenvalue weighted by atomic mass is 32.1. The first-order chi connectivity index (χ1) is 15.5. The van der Waals surface area contributed by atoms with Crippen molar-refractivity contribution >= 4 is 23.2 Å².